The number of nitrogens with one attached hydrogen (secondary N) is 1. The van der Waals surface area contributed by atoms with E-state index in [1.807, 2.05) is 0 Å². The maximum absolute atomic E-state index is 15.2. The highest BCUT2D eigenvalue weighted by atomic mass is 19.4. The number of nitrogens with zero attached hydrogens (tertiary/aromatic N) is 5. The summed E-state index contributed by atoms with van der Waals surface area (Å²) in [6.07, 6.45) is -5.88. The molecule has 0 bridgehead atoms. The number of aliphatic hydroxyl groups is 1. The van der Waals surface area contributed by atoms with Crippen LogP contribution >= 0.6 is 0 Å². The molecule has 0 aliphatic carbocycles. The molecule has 3 heterocycles. The van der Waals surface area contributed by atoms with Gasteiger partial charge in [-0.15, -0.1) is 5.10 Å². The quantitative estimate of drug-likeness (QED) is 0.427. The first-order chi connectivity index (χ1) is 17.3. The fourth-order valence-corrected chi connectivity index (χ4v) is 3.41. The highest BCUT2D eigenvalue weighted by molar-refractivity contribution is 6.06. The molecule has 0 radical (unpaired) electrons. The number of amides is 1. The third-order valence-electron chi connectivity index (χ3n) is 5.41. The summed E-state index contributed by atoms with van der Waals surface area (Å²) in [5.74, 6) is -3.92. The van der Waals surface area contributed by atoms with Gasteiger partial charge in [-0.1, -0.05) is 0 Å². The Labute approximate surface area is 207 Å². The second-order valence-corrected chi connectivity index (χ2v) is 7.87. The Morgan fingerprint density at radius 2 is 1.95 bits per heavy atom. The van der Waals surface area contributed by atoms with Crippen molar-refractivity contribution in [2.24, 2.45) is 0 Å². The Kier molecular flexibility index (Phi) is 7.86. The minimum absolute atomic E-state index is 0.0688. The normalized spacial score (nSPS) is 12.4. The van der Waals surface area contributed by atoms with Crippen LogP contribution in [0.15, 0.2) is 17.1 Å². The number of rotatable bonds is 8. The summed E-state index contributed by atoms with van der Waals surface area (Å²) in [4.78, 5) is 33.6. The average Bonchev–Trinajstić information content (AvgIpc) is 3.16. The molecule has 1 unspecified atom stereocenters. The third kappa shape index (κ3) is 5.40. The van der Waals surface area contributed by atoms with Gasteiger partial charge in [0.05, 0.1) is 12.8 Å². The number of carbonyl (C=O) groups is 1. The van der Waals surface area contributed by atoms with Crippen LogP contribution < -0.4 is 20.5 Å². The van der Waals surface area contributed by atoms with E-state index in [2.05, 4.69) is 20.4 Å². The molecule has 3 rings (SSSR count). The topological polar surface area (TPSA) is 133 Å². The Hall–Kier alpha value is -4.01. The number of aromatic nitrogens is 5. The molecule has 0 aromatic carbocycles. The Morgan fingerprint density at radius 1 is 1.27 bits per heavy atom. The van der Waals surface area contributed by atoms with Gasteiger partial charge in [0, 0.05) is 18.3 Å². The monoisotopic (exact) mass is 528 g/mol. The van der Waals surface area contributed by atoms with Gasteiger partial charge < -0.3 is 19.9 Å². The van der Waals surface area contributed by atoms with Crippen molar-refractivity contribution in [3.63, 3.8) is 0 Å². The number of hydrogen-bond donors (Lipinski definition) is 2. The number of alkyl halides is 3. The number of anilines is 1. The molecule has 1 atom stereocenters. The summed E-state index contributed by atoms with van der Waals surface area (Å²) >= 11 is 0. The van der Waals surface area contributed by atoms with E-state index in [0.29, 0.717) is 28.8 Å². The van der Waals surface area contributed by atoms with Crippen LogP contribution in [0.1, 0.15) is 41.2 Å². The Morgan fingerprint density at radius 3 is 2.49 bits per heavy atom. The second kappa shape index (κ2) is 10.5. The van der Waals surface area contributed by atoms with E-state index >= 15 is 4.39 Å². The van der Waals surface area contributed by atoms with Gasteiger partial charge in [-0.2, -0.15) is 22.8 Å². The van der Waals surface area contributed by atoms with E-state index in [1.54, 1.807) is 20.8 Å². The van der Waals surface area contributed by atoms with E-state index in [9.17, 15) is 27.9 Å². The lowest BCUT2D eigenvalue weighted by Gasteiger charge is -2.20. The summed E-state index contributed by atoms with van der Waals surface area (Å²) in [5, 5.41) is 15.7. The fourth-order valence-electron chi connectivity index (χ4n) is 3.41. The number of hydrogen-bond acceptors (Lipinski definition) is 8. The molecule has 3 aromatic heterocycles. The molecular weight excluding hydrogens is 504 g/mol. The summed E-state index contributed by atoms with van der Waals surface area (Å²) in [7, 11) is 1.36. The number of carbonyl (C=O) groups excluding carboxylic acids is 1. The zero-order valence-electron chi connectivity index (χ0n) is 20.5. The van der Waals surface area contributed by atoms with E-state index in [4.69, 9.17) is 9.47 Å². The number of pyridine rings is 2. The molecule has 0 aliphatic rings. The second-order valence-electron chi connectivity index (χ2n) is 7.87. The highest BCUT2D eigenvalue weighted by Gasteiger charge is 2.39. The standard InChI is InChI=1S/C22H24F4N6O5/c1-6-31-15(9-33)30-32(21(31)35)17-14(23)7-13(20(29-17)37-12(4)22(24,25)26)18(34)28-16-10(2)8-27-19(36-5)11(16)3/h7-8,12,33H,6,9H2,1-5H3,(H,27,28,34). The fraction of sp³-hybridized carbons (Fsp3) is 0.409. The molecule has 11 nitrogen and oxygen atoms in total. The van der Waals surface area contributed by atoms with Gasteiger partial charge in [0.25, 0.3) is 5.91 Å². The number of methoxy groups -OCH3 is 1. The average molecular weight is 528 g/mol. The zero-order valence-corrected chi connectivity index (χ0v) is 20.5. The number of aliphatic hydroxyl groups excluding tert-OH is 1. The molecule has 0 saturated heterocycles. The molecule has 0 aliphatic heterocycles. The first kappa shape index (κ1) is 27.6. The van der Waals surface area contributed by atoms with Crippen molar-refractivity contribution in [1.29, 1.82) is 0 Å². The molecule has 3 aromatic rings. The van der Waals surface area contributed by atoms with Crippen LogP contribution in [0.25, 0.3) is 5.82 Å². The van der Waals surface area contributed by atoms with Crippen LogP contribution in [0.4, 0.5) is 23.2 Å². The van der Waals surface area contributed by atoms with Crippen molar-refractivity contribution < 1.29 is 36.9 Å². The van der Waals surface area contributed by atoms with Crippen molar-refractivity contribution in [2.45, 2.75) is 53.1 Å². The Bertz CT molecular complexity index is 1390. The molecule has 200 valence electrons. The number of ether oxygens (including phenoxy) is 2. The third-order valence-corrected chi connectivity index (χ3v) is 5.41. The van der Waals surface area contributed by atoms with Crippen molar-refractivity contribution >= 4 is 11.6 Å². The summed E-state index contributed by atoms with van der Waals surface area (Å²) in [6.45, 7) is 4.86. The molecule has 0 fully saturated rings. The zero-order chi connectivity index (χ0) is 27.7. The summed E-state index contributed by atoms with van der Waals surface area (Å²) in [5.41, 5.74) is -0.421. The van der Waals surface area contributed by atoms with Crippen LogP contribution in [-0.4, -0.2) is 54.7 Å². The smallest absolute Gasteiger partial charge is 0.425 e. The lowest BCUT2D eigenvalue weighted by atomic mass is 10.1. The van der Waals surface area contributed by atoms with Crippen LogP contribution in [0, 0.1) is 19.7 Å². The van der Waals surface area contributed by atoms with Crippen LogP contribution in [0.5, 0.6) is 11.8 Å². The van der Waals surface area contributed by atoms with Gasteiger partial charge in [0.1, 0.15) is 12.2 Å². The first-order valence-electron chi connectivity index (χ1n) is 10.9. The lowest BCUT2D eigenvalue weighted by Crippen LogP contribution is -2.33. The van der Waals surface area contributed by atoms with Gasteiger partial charge >= 0.3 is 11.9 Å². The minimum atomic E-state index is -4.85. The van der Waals surface area contributed by atoms with E-state index < -0.39 is 53.6 Å². The molecule has 0 spiro atoms. The van der Waals surface area contributed by atoms with E-state index in [0.717, 1.165) is 4.57 Å². The minimum Gasteiger partial charge on any atom is -0.481 e. The van der Waals surface area contributed by atoms with Crippen LogP contribution in [-0.2, 0) is 13.2 Å². The van der Waals surface area contributed by atoms with Gasteiger partial charge in [-0.05, 0) is 39.3 Å². The lowest BCUT2D eigenvalue weighted by molar-refractivity contribution is -0.190. The van der Waals surface area contributed by atoms with Crippen molar-refractivity contribution in [1.82, 2.24) is 24.3 Å². The predicted octanol–water partition coefficient (Wildman–Crippen LogP) is 2.68. The summed E-state index contributed by atoms with van der Waals surface area (Å²) < 4.78 is 66.5. The van der Waals surface area contributed by atoms with Crippen molar-refractivity contribution in [3.8, 4) is 17.6 Å². The molecule has 0 saturated carbocycles. The largest absolute Gasteiger partial charge is 0.481 e. The summed E-state index contributed by atoms with van der Waals surface area (Å²) in [6, 6.07) is 0.592. The van der Waals surface area contributed by atoms with Crippen molar-refractivity contribution in [2.75, 3.05) is 12.4 Å². The maximum Gasteiger partial charge on any atom is 0.425 e. The van der Waals surface area contributed by atoms with Gasteiger partial charge in [-0.25, -0.2) is 14.2 Å². The number of halogens is 4. The predicted molar refractivity (Wildman–Crippen MR) is 122 cm³/mol. The van der Waals surface area contributed by atoms with Crippen LogP contribution in [0.2, 0.25) is 0 Å². The van der Waals surface area contributed by atoms with Gasteiger partial charge in [-0.3, -0.25) is 9.36 Å². The number of aryl methyl sites for hydroxylation is 1. The molecule has 15 heteroatoms. The van der Waals surface area contributed by atoms with E-state index in [-0.39, 0.29) is 23.9 Å². The maximum atomic E-state index is 15.2. The molecular formula is C22H24F4N6O5. The molecule has 37 heavy (non-hydrogen) atoms. The molecule has 2 N–H and O–H groups in total. The first-order valence-corrected chi connectivity index (χ1v) is 10.9. The highest BCUT2D eigenvalue weighted by Crippen LogP contribution is 2.31. The van der Waals surface area contributed by atoms with Gasteiger partial charge in [0.15, 0.2) is 23.6 Å². The van der Waals surface area contributed by atoms with Gasteiger partial charge in [0.2, 0.25) is 11.8 Å². The van der Waals surface area contributed by atoms with Crippen LogP contribution in [0.3, 0.4) is 0 Å². The molecule has 1 amide bonds. The Balaban J connectivity index is 2.16. The van der Waals surface area contributed by atoms with Crippen molar-refractivity contribution in [3.05, 3.63) is 51.1 Å². The SMILES string of the molecule is CCn1c(CO)nn(-c2nc(OC(C)C(F)(F)F)c(C(=O)Nc3c(C)cnc(OC)c3C)cc2F)c1=O. The van der Waals surface area contributed by atoms with E-state index in [1.165, 1.54) is 13.3 Å².